The van der Waals surface area contributed by atoms with Gasteiger partial charge in [-0.25, -0.2) is 0 Å². The average Bonchev–Trinajstić information content (AvgIpc) is 2.85. The highest BCUT2D eigenvalue weighted by atomic mass is 16.1. The fourth-order valence-corrected chi connectivity index (χ4v) is 2.13. The quantitative estimate of drug-likeness (QED) is 0.897. The molecule has 4 nitrogen and oxygen atoms in total. The van der Waals surface area contributed by atoms with Gasteiger partial charge in [-0.3, -0.25) is 9.89 Å². The standard InChI is InChI=1S/C16H21N3O/c1-5-11-10-14(19-18-11)17-15(20)12-8-6-7-9-13(12)16(2,3)4/h6-10H,5H2,1-4H3,(H2,17,18,19,20). The number of H-pyrrole nitrogens is 1. The van der Waals surface area contributed by atoms with Gasteiger partial charge in [0.15, 0.2) is 5.82 Å². The highest BCUT2D eigenvalue weighted by molar-refractivity contribution is 6.05. The molecule has 2 rings (SSSR count). The Balaban J connectivity index is 2.25. The van der Waals surface area contributed by atoms with Crippen molar-refractivity contribution in [1.82, 2.24) is 10.2 Å². The first kappa shape index (κ1) is 14.3. The Morgan fingerprint density at radius 2 is 2.00 bits per heavy atom. The number of carbonyl (C=O) groups excluding carboxylic acids is 1. The zero-order valence-corrected chi connectivity index (χ0v) is 12.4. The highest BCUT2D eigenvalue weighted by Crippen LogP contribution is 2.26. The van der Waals surface area contributed by atoms with Crippen LogP contribution in [-0.4, -0.2) is 16.1 Å². The molecule has 0 bridgehead atoms. The zero-order valence-electron chi connectivity index (χ0n) is 12.4. The van der Waals surface area contributed by atoms with Crippen LogP contribution < -0.4 is 5.32 Å². The smallest absolute Gasteiger partial charge is 0.257 e. The van der Waals surface area contributed by atoms with Crippen molar-refractivity contribution >= 4 is 11.7 Å². The molecule has 106 valence electrons. The van der Waals surface area contributed by atoms with Crippen molar-refractivity contribution in [3.8, 4) is 0 Å². The molecule has 1 amide bonds. The molecule has 0 aliphatic heterocycles. The van der Waals surface area contributed by atoms with Crippen molar-refractivity contribution in [3.05, 3.63) is 47.2 Å². The minimum absolute atomic E-state index is 0.0753. The van der Waals surface area contributed by atoms with Crippen LogP contribution >= 0.6 is 0 Å². The van der Waals surface area contributed by atoms with Crippen LogP contribution in [0.3, 0.4) is 0 Å². The van der Waals surface area contributed by atoms with E-state index in [9.17, 15) is 4.79 Å². The van der Waals surface area contributed by atoms with Crippen LogP contribution in [0.15, 0.2) is 30.3 Å². The molecule has 20 heavy (non-hydrogen) atoms. The van der Waals surface area contributed by atoms with Crippen molar-refractivity contribution < 1.29 is 4.79 Å². The first-order valence-electron chi connectivity index (χ1n) is 6.87. The molecule has 0 aliphatic rings. The van der Waals surface area contributed by atoms with Crippen LogP contribution in [0.1, 0.15) is 49.3 Å². The van der Waals surface area contributed by atoms with Gasteiger partial charge in [0.2, 0.25) is 0 Å². The monoisotopic (exact) mass is 271 g/mol. The number of hydrogen-bond donors (Lipinski definition) is 2. The van der Waals surface area contributed by atoms with Crippen LogP contribution in [0.5, 0.6) is 0 Å². The van der Waals surface area contributed by atoms with Gasteiger partial charge in [0.1, 0.15) is 0 Å². The second kappa shape index (κ2) is 5.49. The lowest BCUT2D eigenvalue weighted by atomic mass is 9.83. The van der Waals surface area contributed by atoms with Crippen molar-refractivity contribution in [2.24, 2.45) is 0 Å². The fraction of sp³-hybridized carbons (Fsp3) is 0.375. The normalized spacial score (nSPS) is 11.4. The lowest BCUT2D eigenvalue weighted by Gasteiger charge is -2.22. The van der Waals surface area contributed by atoms with E-state index < -0.39 is 0 Å². The maximum Gasteiger partial charge on any atom is 0.257 e. The molecule has 0 unspecified atom stereocenters. The van der Waals surface area contributed by atoms with Gasteiger partial charge >= 0.3 is 0 Å². The number of anilines is 1. The lowest BCUT2D eigenvalue weighted by Crippen LogP contribution is -2.21. The molecule has 4 heteroatoms. The molecule has 2 aromatic rings. The second-order valence-corrected chi connectivity index (χ2v) is 5.88. The van der Waals surface area contributed by atoms with Crippen LogP contribution in [0.4, 0.5) is 5.82 Å². The van der Waals surface area contributed by atoms with E-state index in [1.165, 1.54) is 0 Å². The number of rotatable bonds is 3. The molecule has 0 fully saturated rings. The van der Waals surface area contributed by atoms with E-state index in [2.05, 4.69) is 36.3 Å². The van der Waals surface area contributed by atoms with E-state index >= 15 is 0 Å². The van der Waals surface area contributed by atoms with Gasteiger partial charge in [0.25, 0.3) is 5.91 Å². The van der Waals surface area contributed by atoms with Crippen molar-refractivity contribution in [1.29, 1.82) is 0 Å². The SMILES string of the molecule is CCc1cc(NC(=O)c2ccccc2C(C)(C)C)n[nH]1. The summed E-state index contributed by atoms with van der Waals surface area (Å²) >= 11 is 0. The molecule has 0 atom stereocenters. The summed E-state index contributed by atoms with van der Waals surface area (Å²) in [6, 6.07) is 9.55. The predicted octanol–water partition coefficient (Wildman–Crippen LogP) is 3.52. The van der Waals surface area contributed by atoms with Crippen molar-refractivity contribution in [3.63, 3.8) is 0 Å². The maximum absolute atomic E-state index is 12.4. The molecule has 0 spiro atoms. The number of carbonyl (C=O) groups is 1. The summed E-state index contributed by atoms with van der Waals surface area (Å²) in [5.41, 5.74) is 2.66. The van der Waals surface area contributed by atoms with Crippen molar-refractivity contribution in [2.45, 2.75) is 39.5 Å². The number of aromatic amines is 1. The molecule has 0 radical (unpaired) electrons. The van der Waals surface area contributed by atoms with Crippen LogP contribution in [0.25, 0.3) is 0 Å². The summed E-state index contributed by atoms with van der Waals surface area (Å²) in [6.45, 7) is 8.34. The Morgan fingerprint density at radius 1 is 1.30 bits per heavy atom. The summed E-state index contributed by atoms with van der Waals surface area (Å²) in [4.78, 5) is 12.4. The highest BCUT2D eigenvalue weighted by Gasteiger charge is 2.21. The Labute approximate surface area is 119 Å². The third-order valence-corrected chi connectivity index (χ3v) is 3.23. The Hall–Kier alpha value is -2.10. The van der Waals surface area contributed by atoms with E-state index in [0.717, 1.165) is 17.7 Å². The zero-order chi connectivity index (χ0) is 14.8. The molecule has 2 N–H and O–H groups in total. The topological polar surface area (TPSA) is 57.8 Å². The van der Waals surface area contributed by atoms with Crippen LogP contribution in [-0.2, 0) is 11.8 Å². The van der Waals surface area contributed by atoms with Gasteiger partial charge in [-0.05, 0) is 23.5 Å². The third-order valence-electron chi connectivity index (χ3n) is 3.23. The summed E-state index contributed by atoms with van der Waals surface area (Å²) in [6.07, 6.45) is 0.863. The van der Waals surface area contributed by atoms with E-state index in [0.29, 0.717) is 11.4 Å². The third kappa shape index (κ3) is 3.07. The molecular formula is C16H21N3O. The largest absolute Gasteiger partial charge is 0.305 e. The van der Waals surface area contributed by atoms with Gasteiger partial charge in [-0.1, -0.05) is 45.9 Å². The number of amides is 1. The van der Waals surface area contributed by atoms with E-state index in [4.69, 9.17) is 0 Å². The number of hydrogen-bond acceptors (Lipinski definition) is 2. The van der Waals surface area contributed by atoms with Gasteiger partial charge in [-0.15, -0.1) is 0 Å². The number of aromatic nitrogens is 2. The fourth-order valence-electron chi connectivity index (χ4n) is 2.13. The van der Waals surface area contributed by atoms with Gasteiger partial charge < -0.3 is 5.32 Å². The number of aryl methyl sites for hydroxylation is 1. The minimum atomic E-state index is -0.121. The van der Waals surface area contributed by atoms with Gasteiger partial charge in [0, 0.05) is 17.3 Å². The maximum atomic E-state index is 12.4. The summed E-state index contributed by atoms with van der Waals surface area (Å²) in [5, 5.41) is 9.82. The first-order chi connectivity index (χ1) is 9.41. The summed E-state index contributed by atoms with van der Waals surface area (Å²) in [7, 11) is 0. The minimum Gasteiger partial charge on any atom is -0.305 e. The van der Waals surface area contributed by atoms with Gasteiger partial charge in [-0.2, -0.15) is 5.10 Å². The van der Waals surface area contributed by atoms with Crippen LogP contribution in [0.2, 0.25) is 0 Å². The van der Waals surface area contributed by atoms with E-state index in [1.807, 2.05) is 37.3 Å². The molecule has 0 saturated carbocycles. The lowest BCUT2D eigenvalue weighted by molar-refractivity contribution is 0.102. The average molecular weight is 271 g/mol. The summed E-state index contributed by atoms with van der Waals surface area (Å²) in [5.74, 6) is 0.445. The number of nitrogens with zero attached hydrogens (tertiary/aromatic N) is 1. The Morgan fingerprint density at radius 3 is 2.60 bits per heavy atom. The summed E-state index contributed by atoms with van der Waals surface area (Å²) < 4.78 is 0. The van der Waals surface area contributed by atoms with Crippen molar-refractivity contribution in [2.75, 3.05) is 5.32 Å². The first-order valence-corrected chi connectivity index (χ1v) is 6.87. The number of nitrogens with one attached hydrogen (secondary N) is 2. The molecule has 0 saturated heterocycles. The number of benzene rings is 1. The second-order valence-electron chi connectivity index (χ2n) is 5.88. The molecule has 1 aromatic carbocycles. The molecular weight excluding hydrogens is 250 g/mol. The molecule has 0 aliphatic carbocycles. The van der Waals surface area contributed by atoms with Gasteiger partial charge in [0.05, 0.1) is 0 Å². The molecule has 1 heterocycles. The predicted molar refractivity (Wildman–Crippen MR) is 81.1 cm³/mol. The Bertz CT molecular complexity index is 608. The van der Waals surface area contributed by atoms with Crippen LogP contribution in [0, 0.1) is 0 Å². The Kier molecular flexibility index (Phi) is 3.93. The van der Waals surface area contributed by atoms with E-state index in [1.54, 1.807) is 0 Å². The van der Waals surface area contributed by atoms with E-state index in [-0.39, 0.29) is 11.3 Å². The molecule has 1 aromatic heterocycles.